The predicted molar refractivity (Wildman–Crippen MR) is 121 cm³/mol. The molecule has 0 amide bonds. The number of esters is 1. The zero-order valence-electron chi connectivity index (χ0n) is 18.2. The number of ether oxygens (including phenoxy) is 2. The second kappa shape index (κ2) is 10.6. The molecule has 1 atom stereocenters. The van der Waals surface area contributed by atoms with E-state index in [1.165, 1.54) is 30.6 Å². The van der Waals surface area contributed by atoms with Crippen LogP contribution < -0.4 is 4.74 Å². The quantitative estimate of drug-likeness (QED) is 0.267. The van der Waals surface area contributed by atoms with E-state index >= 15 is 0 Å². The molecule has 0 saturated carbocycles. The average Bonchev–Trinajstić information content (AvgIpc) is 3.14. The lowest BCUT2D eigenvalue weighted by Gasteiger charge is -2.13. The molecule has 10 heteroatoms. The topological polar surface area (TPSA) is 92.0 Å². The molecule has 0 N–H and O–H groups in total. The molecule has 0 fully saturated rings. The maximum Gasteiger partial charge on any atom is 0.318 e. The van der Waals surface area contributed by atoms with E-state index in [1.54, 1.807) is 6.92 Å². The summed E-state index contributed by atoms with van der Waals surface area (Å²) in [5.41, 5.74) is 2.72. The largest absolute Gasteiger partial charge is 0.494 e. The van der Waals surface area contributed by atoms with E-state index < -0.39 is 5.25 Å². The Labute approximate surface area is 190 Å². The molecule has 0 unspecified atom stereocenters. The van der Waals surface area contributed by atoms with E-state index in [1.807, 2.05) is 55.7 Å². The molecule has 0 aliphatic carbocycles. The van der Waals surface area contributed by atoms with Gasteiger partial charge in [-0.3, -0.25) is 9.36 Å². The third-order valence-electron chi connectivity index (χ3n) is 4.21. The SMILES string of the molecule is CCOc1ccc(-n2c(CSc3nc(C)cc(C)n3)nnc2S[C@H](C)C(=O)OC)cc1. The number of aryl methyl sites for hydroxylation is 2. The van der Waals surface area contributed by atoms with Gasteiger partial charge in [0, 0.05) is 17.1 Å². The number of benzene rings is 1. The molecule has 3 rings (SSSR count). The summed E-state index contributed by atoms with van der Waals surface area (Å²) >= 11 is 2.80. The van der Waals surface area contributed by atoms with Gasteiger partial charge in [0.1, 0.15) is 16.8 Å². The van der Waals surface area contributed by atoms with Crippen LogP contribution in [-0.4, -0.2) is 49.7 Å². The maximum absolute atomic E-state index is 11.9. The highest BCUT2D eigenvalue weighted by atomic mass is 32.2. The molecule has 2 aromatic heterocycles. The van der Waals surface area contributed by atoms with Gasteiger partial charge in [0.05, 0.1) is 19.5 Å². The fraction of sp³-hybridized carbons (Fsp3) is 0.381. The number of hydrogen-bond donors (Lipinski definition) is 0. The Hall–Kier alpha value is -2.59. The van der Waals surface area contributed by atoms with E-state index in [-0.39, 0.29) is 5.97 Å². The number of carbonyl (C=O) groups excluding carboxylic acids is 1. The Kier molecular flexibility index (Phi) is 7.91. The van der Waals surface area contributed by atoms with E-state index in [9.17, 15) is 4.79 Å². The molecule has 3 aromatic rings. The summed E-state index contributed by atoms with van der Waals surface area (Å²) in [7, 11) is 1.38. The molecule has 0 spiro atoms. The van der Waals surface area contributed by atoms with Crippen molar-refractivity contribution in [1.29, 1.82) is 0 Å². The van der Waals surface area contributed by atoms with Gasteiger partial charge in [-0.25, -0.2) is 9.97 Å². The number of aromatic nitrogens is 5. The van der Waals surface area contributed by atoms with Gasteiger partial charge in [-0.1, -0.05) is 23.5 Å². The van der Waals surface area contributed by atoms with Gasteiger partial charge >= 0.3 is 5.97 Å². The second-order valence-electron chi connectivity index (χ2n) is 6.67. The fourth-order valence-corrected chi connectivity index (χ4v) is 4.62. The lowest BCUT2D eigenvalue weighted by atomic mass is 10.3. The van der Waals surface area contributed by atoms with Crippen LogP contribution in [0.4, 0.5) is 0 Å². The van der Waals surface area contributed by atoms with Crippen LogP contribution in [0.15, 0.2) is 40.6 Å². The number of nitrogens with zero attached hydrogens (tertiary/aromatic N) is 5. The minimum absolute atomic E-state index is 0.314. The zero-order chi connectivity index (χ0) is 22.4. The maximum atomic E-state index is 11.9. The standard InChI is InChI=1S/C21H25N5O3S2/c1-6-29-17-9-7-16(8-10-17)26-18(12-30-20-22-13(2)11-14(3)23-20)24-25-21(26)31-15(4)19(27)28-5/h7-11,15H,6,12H2,1-5H3/t15-/m1/s1. The van der Waals surface area contributed by atoms with Crippen molar-refractivity contribution < 1.29 is 14.3 Å². The number of methoxy groups -OCH3 is 1. The molecular formula is C21H25N5O3S2. The number of thioether (sulfide) groups is 2. The molecule has 164 valence electrons. The summed E-state index contributed by atoms with van der Waals surface area (Å²) in [6, 6.07) is 9.64. The van der Waals surface area contributed by atoms with Crippen molar-refractivity contribution in [3.63, 3.8) is 0 Å². The van der Waals surface area contributed by atoms with E-state index in [2.05, 4.69) is 20.2 Å². The van der Waals surface area contributed by atoms with Crippen LogP contribution in [0.1, 0.15) is 31.1 Å². The summed E-state index contributed by atoms with van der Waals surface area (Å²) in [5, 5.41) is 9.60. The second-order valence-corrected chi connectivity index (χ2v) is 8.92. The minimum atomic E-state index is -0.418. The molecular weight excluding hydrogens is 434 g/mol. The zero-order valence-corrected chi connectivity index (χ0v) is 19.8. The van der Waals surface area contributed by atoms with Crippen LogP contribution in [0.5, 0.6) is 5.75 Å². The van der Waals surface area contributed by atoms with Crippen LogP contribution in [0.2, 0.25) is 0 Å². The predicted octanol–water partition coefficient (Wildman–Crippen LogP) is 4.02. The van der Waals surface area contributed by atoms with Crippen LogP contribution in [-0.2, 0) is 15.3 Å². The van der Waals surface area contributed by atoms with Crippen molar-refractivity contribution in [1.82, 2.24) is 24.7 Å². The molecule has 1 aromatic carbocycles. The van der Waals surface area contributed by atoms with Gasteiger partial charge in [0.15, 0.2) is 10.3 Å². The number of carbonyl (C=O) groups is 1. The smallest absolute Gasteiger partial charge is 0.318 e. The highest BCUT2D eigenvalue weighted by Gasteiger charge is 2.22. The normalized spacial score (nSPS) is 11.9. The fourth-order valence-electron chi connectivity index (χ4n) is 2.85. The summed E-state index contributed by atoms with van der Waals surface area (Å²) in [6.07, 6.45) is 0. The van der Waals surface area contributed by atoms with Crippen molar-refractivity contribution in [3.05, 3.63) is 47.5 Å². The molecule has 0 aliphatic rings. The molecule has 0 radical (unpaired) electrons. The van der Waals surface area contributed by atoms with Gasteiger partial charge in [0.2, 0.25) is 0 Å². The minimum Gasteiger partial charge on any atom is -0.494 e. The first-order chi connectivity index (χ1) is 14.9. The van der Waals surface area contributed by atoms with E-state index in [0.29, 0.717) is 22.7 Å². The first kappa shape index (κ1) is 23.1. The van der Waals surface area contributed by atoms with E-state index in [0.717, 1.165) is 28.6 Å². The molecule has 2 heterocycles. The van der Waals surface area contributed by atoms with Crippen molar-refractivity contribution in [2.75, 3.05) is 13.7 Å². The van der Waals surface area contributed by atoms with Crippen molar-refractivity contribution in [2.45, 2.75) is 49.0 Å². The molecule has 0 bridgehead atoms. The van der Waals surface area contributed by atoms with Gasteiger partial charge in [-0.15, -0.1) is 10.2 Å². The third-order valence-corrected chi connectivity index (χ3v) is 6.08. The van der Waals surface area contributed by atoms with Gasteiger partial charge in [-0.05, 0) is 58.0 Å². The third kappa shape index (κ3) is 5.98. The molecule has 0 aliphatic heterocycles. The Balaban J connectivity index is 1.91. The van der Waals surface area contributed by atoms with Crippen molar-refractivity contribution >= 4 is 29.5 Å². The van der Waals surface area contributed by atoms with Crippen LogP contribution >= 0.6 is 23.5 Å². The van der Waals surface area contributed by atoms with Gasteiger partial charge in [0.25, 0.3) is 0 Å². The molecule has 8 nitrogen and oxygen atoms in total. The molecule has 31 heavy (non-hydrogen) atoms. The first-order valence-corrected chi connectivity index (χ1v) is 11.6. The summed E-state index contributed by atoms with van der Waals surface area (Å²) in [6.45, 7) is 8.22. The lowest BCUT2D eigenvalue weighted by Crippen LogP contribution is -2.15. The average molecular weight is 460 g/mol. The summed E-state index contributed by atoms with van der Waals surface area (Å²) < 4.78 is 12.3. The highest BCUT2D eigenvalue weighted by Crippen LogP contribution is 2.29. The highest BCUT2D eigenvalue weighted by molar-refractivity contribution is 8.00. The van der Waals surface area contributed by atoms with Gasteiger partial charge in [-0.2, -0.15) is 0 Å². The summed E-state index contributed by atoms with van der Waals surface area (Å²) in [4.78, 5) is 20.9. The van der Waals surface area contributed by atoms with Crippen molar-refractivity contribution in [2.24, 2.45) is 0 Å². The number of hydrogen-bond acceptors (Lipinski definition) is 9. The van der Waals surface area contributed by atoms with E-state index in [4.69, 9.17) is 9.47 Å². The van der Waals surface area contributed by atoms with Crippen molar-refractivity contribution in [3.8, 4) is 11.4 Å². The first-order valence-electron chi connectivity index (χ1n) is 9.78. The van der Waals surface area contributed by atoms with Crippen LogP contribution in [0.25, 0.3) is 5.69 Å². The monoisotopic (exact) mass is 459 g/mol. The number of rotatable bonds is 9. The Morgan fingerprint density at radius 1 is 1.13 bits per heavy atom. The lowest BCUT2D eigenvalue weighted by molar-refractivity contribution is -0.139. The Morgan fingerprint density at radius 2 is 1.81 bits per heavy atom. The molecule has 0 saturated heterocycles. The van der Waals surface area contributed by atoms with Gasteiger partial charge < -0.3 is 9.47 Å². The summed E-state index contributed by atoms with van der Waals surface area (Å²) in [5.74, 6) is 1.73. The Morgan fingerprint density at radius 3 is 2.42 bits per heavy atom. The van der Waals surface area contributed by atoms with Crippen LogP contribution in [0, 0.1) is 13.8 Å². The van der Waals surface area contributed by atoms with Crippen LogP contribution in [0.3, 0.4) is 0 Å². The Bertz CT molecular complexity index is 1020.